The van der Waals surface area contributed by atoms with Crippen molar-refractivity contribution in [3.05, 3.63) is 16.1 Å². The fraction of sp³-hybridized carbons (Fsp3) is 0.750. The van der Waals surface area contributed by atoms with Gasteiger partial charge in [-0.1, -0.05) is 26.7 Å². The van der Waals surface area contributed by atoms with Gasteiger partial charge in [-0.3, -0.25) is 4.79 Å². The van der Waals surface area contributed by atoms with Crippen molar-refractivity contribution in [3.8, 4) is 0 Å². The van der Waals surface area contributed by atoms with E-state index in [1.807, 2.05) is 5.38 Å². The molecule has 1 heterocycles. The van der Waals surface area contributed by atoms with Gasteiger partial charge < -0.3 is 5.32 Å². The number of amides is 1. The summed E-state index contributed by atoms with van der Waals surface area (Å²) in [5.74, 6) is 1.18. The lowest BCUT2D eigenvalue weighted by atomic mass is 9.78. The van der Waals surface area contributed by atoms with Crippen molar-refractivity contribution in [1.82, 2.24) is 10.3 Å². The molecular weight excluding hydrogens is 304 g/mol. The Bertz CT molecular complexity index is 467. The molecule has 1 aliphatic rings. The molecule has 1 aromatic rings. The predicted molar refractivity (Wildman–Crippen MR) is 88.7 cm³/mol. The van der Waals surface area contributed by atoms with E-state index in [1.54, 1.807) is 0 Å². The maximum absolute atomic E-state index is 12.1. The number of nitrogens with zero attached hydrogens (tertiary/aromatic N) is 1. The van der Waals surface area contributed by atoms with Crippen LogP contribution in [0.2, 0.25) is 0 Å². The Kier molecular flexibility index (Phi) is 6.06. The van der Waals surface area contributed by atoms with E-state index in [9.17, 15) is 4.79 Å². The molecule has 5 heteroatoms. The van der Waals surface area contributed by atoms with Crippen LogP contribution in [0.4, 0.5) is 0 Å². The molecule has 1 aromatic heterocycles. The second-order valence-electron chi connectivity index (χ2n) is 6.62. The minimum atomic E-state index is 0.0838. The number of alkyl halides is 1. The number of carbonyl (C=O) groups is 1. The molecule has 0 bridgehead atoms. The average Bonchev–Trinajstić information content (AvgIpc) is 3.06. The lowest BCUT2D eigenvalue weighted by molar-refractivity contribution is -0.121. The first-order chi connectivity index (χ1) is 10.0. The topological polar surface area (TPSA) is 42.0 Å². The molecule has 0 atom stereocenters. The molecule has 1 fully saturated rings. The van der Waals surface area contributed by atoms with Crippen molar-refractivity contribution < 1.29 is 4.79 Å². The van der Waals surface area contributed by atoms with E-state index in [2.05, 4.69) is 24.1 Å². The van der Waals surface area contributed by atoms with E-state index < -0.39 is 0 Å². The summed E-state index contributed by atoms with van der Waals surface area (Å²) in [7, 11) is 0. The highest BCUT2D eigenvalue weighted by Gasteiger charge is 2.34. The molecule has 1 amide bonds. The van der Waals surface area contributed by atoms with E-state index in [0.717, 1.165) is 17.2 Å². The molecule has 0 aliphatic heterocycles. The van der Waals surface area contributed by atoms with Gasteiger partial charge in [-0.25, -0.2) is 4.98 Å². The monoisotopic (exact) mass is 328 g/mol. The van der Waals surface area contributed by atoms with Crippen molar-refractivity contribution in [2.24, 2.45) is 11.3 Å². The summed E-state index contributed by atoms with van der Waals surface area (Å²) < 4.78 is 0. The van der Waals surface area contributed by atoms with Crippen LogP contribution in [0.15, 0.2) is 5.38 Å². The summed E-state index contributed by atoms with van der Waals surface area (Å²) in [5, 5.41) is 5.92. The zero-order chi connectivity index (χ0) is 15.3. The Balaban J connectivity index is 1.84. The second-order valence-corrected chi connectivity index (χ2v) is 7.83. The summed E-state index contributed by atoms with van der Waals surface area (Å²) in [5.41, 5.74) is 1.19. The third-order valence-corrected chi connectivity index (χ3v) is 5.39. The quantitative estimate of drug-likeness (QED) is 0.764. The summed E-state index contributed by atoms with van der Waals surface area (Å²) in [6, 6.07) is 0. The first-order valence-electron chi connectivity index (χ1n) is 7.79. The molecule has 2 rings (SSSR count). The maximum Gasteiger partial charge on any atom is 0.226 e. The third-order valence-electron chi connectivity index (χ3n) is 4.21. The number of halogens is 1. The molecule has 0 spiro atoms. The molecule has 0 radical (unpaired) electrons. The second kappa shape index (κ2) is 7.59. The van der Waals surface area contributed by atoms with Crippen molar-refractivity contribution in [2.45, 2.75) is 58.3 Å². The van der Waals surface area contributed by atoms with Crippen LogP contribution in [-0.2, 0) is 17.1 Å². The van der Waals surface area contributed by atoms with Gasteiger partial charge in [-0.15, -0.1) is 22.9 Å². The molecule has 0 saturated heterocycles. The van der Waals surface area contributed by atoms with Gasteiger partial charge >= 0.3 is 0 Å². The van der Waals surface area contributed by atoms with Crippen molar-refractivity contribution in [1.29, 1.82) is 0 Å². The van der Waals surface area contributed by atoms with Crippen LogP contribution >= 0.6 is 22.9 Å². The fourth-order valence-corrected chi connectivity index (χ4v) is 4.44. The summed E-state index contributed by atoms with van der Waals surface area (Å²) >= 11 is 7.25. The van der Waals surface area contributed by atoms with Gasteiger partial charge in [0, 0.05) is 11.9 Å². The normalized spacial score (nSPS) is 17.3. The Hall–Kier alpha value is -0.610. The summed E-state index contributed by atoms with van der Waals surface area (Å²) in [6.45, 7) is 5.36. The highest BCUT2D eigenvalue weighted by Crippen LogP contribution is 2.42. The molecule has 1 saturated carbocycles. The van der Waals surface area contributed by atoms with Gasteiger partial charge in [0.1, 0.15) is 5.01 Å². The number of hydrogen-bond donors (Lipinski definition) is 1. The van der Waals surface area contributed by atoms with Crippen LogP contribution in [0.5, 0.6) is 0 Å². The van der Waals surface area contributed by atoms with Gasteiger partial charge in [0.2, 0.25) is 5.91 Å². The van der Waals surface area contributed by atoms with Gasteiger partial charge in [0.05, 0.1) is 18.0 Å². The van der Waals surface area contributed by atoms with Crippen molar-refractivity contribution in [2.75, 3.05) is 6.54 Å². The molecule has 1 N–H and O–H groups in total. The largest absolute Gasteiger partial charge is 0.355 e. The van der Waals surface area contributed by atoms with Gasteiger partial charge in [0.25, 0.3) is 0 Å². The maximum atomic E-state index is 12.1. The lowest BCUT2D eigenvalue weighted by Gasteiger charge is -2.31. The van der Waals surface area contributed by atoms with Gasteiger partial charge in [-0.05, 0) is 30.6 Å². The lowest BCUT2D eigenvalue weighted by Crippen LogP contribution is -2.37. The molecule has 21 heavy (non-hydrogen) atoms. The summed E-state index contributed by atoms with van der Waals surface area (Å²) in [4.78, 5) is 16.5. The molecule has 0 aromatic carbocycles. The van der Waals surface area contributed by atoms with Crippen LogP contribution < -0.4 is 5.32 Å². The van der Waals surface area contributed by atoms with Crippen molar-refractivity contribution >= 4 is 28.8 Å². The smallest absolute Gasteiger partial charge is 0.226 e. The number of carbonyl (C=O) groups excluding carboxylic acids is 1. The Morgan fingerprint density at radius 2 is 2.19 bits per heavy atom. The van der Waals surface area contributed by atoms with Gasteiger partial charge in [0.15, 0.2) is 0 Å². The molecule has 1 aliphatic carbocycles. The van der Waals surface area contributed by atoms with E-state index in [1.165, 1.54) is 43.4 Å². The van der Waals surface area contributed by atoms with E-state index in [-0.39, 0.29) is 5.91 Å². The number of hydrogen-bond acceptors (Lipinski definition) is 3. The van der Waals surface area contributed by atoms with Crippen LogP contribution in [0.3, 0.4) is 0 Å². The highest BCUT2D eigenvalue weighted by molar-refractivity contribution is 7.09. The van der Waals surface area contributed by atoms with Crippen LogP contribution in [0.25, 0.3) is 0 Å². The third kappa shape index (κ3) is 4.96. The number of nitrogens with one attached hydrogen (secondary N) is 1. The van der Waals surface area contributed by atoms with Crippen LogP contribution in [0.1, 0.15) is 56.7 Å². The first kappa shape index (κ1) is 16.8. The SMILES string of the molecule is CC(C)CC1(CNC(=O)Cc2nc(CCl)cs2)CCCC1. The van der Waals surface area contributed by atoms with E-state index in [0.29, 0.717) is 23.6 Å². The van der Waals surface area contributed by atoms with Crippen molar-refractivity contribution in [3.63, 3.8) is 0 Å². The zero-order valence-corrected chi connectivity index (χ0v) is 14.5. The Morgan fingerprint density at radius 1 is 1.48 bits per heavy atom. The molecular formula is C16H25ClN2OS. The van der Waals surface area contributed by atoms with Crippen LogP contribution in [-0.4, -0.2) is 17.4 Å². The van der Waals surface area contributed by atoms with E-state index in [4.69, 9.17) is 11.6 Å². The van der Waals surface area contributed by atoms with Crippen LogP contribution in [0, 0.1) is 11.3 Å². The van der Waals surface area contributed by atoms with Gasteiger partial charge in [-0.2, -0.15) is 0 Å². The average molecular weight is 329 g/mol. The minimum absolute atomic E-state index is 0.0838. The zero-order valence-electron chi connectivity index (χ0n) is 13.0. The minimum Gasteiger partial charge on any atom is -0.355 e. The summed E-state index contributed by atoms with van der Waals surface area (Å²) in [6.07, 6.45) is 6.68. The number of rotatable bonds is 7. The first-order valence-corrected chi connectivity index (χ1v) is 9.20. The fourth-order valence-electron chi connectivity index (χ4n) is 3.42. The number of aromatic nitrogens is 1. The molecule has 3 nitrogen and oxygen atoms in total. The molecule has 0 unspecified atom stereocenters. The Morgan fingerprint density at radius 3 is 2.76 bits per heavy atom. The standard InChI is InChI=1S/C16H25ClN2OS/c1-12(2)8-16(5-3-4-6-16)11-18-14(20)7-15-19-13(9-17)10-21-15/h10,12H,3-9,11H2,1-2H3,(H,18,20). The van der Waals surface area contributed by atoms with E-state index >= 15 is 0 Å². The Labute approximate surface area is 136 Å². The molecule has 118 valence electrons. The predicted octanol–water partition coefficient (Wildman–Crippen LogP) is 4.15. The highest BCUT2D eigenvalue weighted by atomic mass is 35.5. The number of thiazole rings is 1.